The van der Waals surface area contributed by atoms with Crippen LogP contribution in [0.2, 0.25) is 4.34 Å². The smallest absolute Gasteiger partial charge is 0.252 e. The second-order valence-electron chi connectivity index (χ2n) is 6.95. The average Bonchev–Trinajstić information content (AvgIpc) is 3.10. The maximum Gasteiger partial charge on any atom is 0.252 e. The minimum absolute atomic E-state index is 0.00718. The standard InChI is InChI=1S/C18H26ClN3O3S2/c19-16-6-7-18(26-16)27(24,25)22-12-10-21(11-13-22)14-17(23)20-9-8-15-4-2-1-3-5-15/h4,6-7H,1-3,5,8-14H2,(H,20,23). The van der Waals surface area contributed by atoms with Gasteiger partial charge in [0, 0.05) is 32.7 Å². The number of piperazine rings is 1. The summed E-state index contributed by atoms with van der Waals surface area (Å²) in [6.07, 6.45) is 8.08. The zero-order valence-corrected chi connectivity index (χ0v) is 17.7. The van der Waals surface area contributed by atoms with Crippen LogP contribution < -0.4 is 5.32 Å². The molecule has 0 aromatic carbocycles. The number of hydrogen-bond acceptors (Lipinski definition) is 5. The molecule has 0 saturated carbocycles. The Bertz CT molecular complexity index is 784. The number of halogens is 1. The van der Waals surface area contributed by atoms with Crippen molar-refractivity contribution >= 4 is 38.9 Å². The van der Waals surface area contributed by atoms with Crippen LogP contribution >= 0.6 is 22.9 Å². The maximum absolute atomic E-state index is 12.6. The largest absolute Gasteiger partial charge is 0.355 e. The molecule has 3 rings (SSSR count). The van der Waals surface area contributed by atoms with Crippen LogP contribution in [0.25, 0.3) is 0 Å². The summed E-state index contributed by atoms with van der Waals surface area (Å²) in [7, 11) is -3.49. The van der Waals surface area contributed by atoms with E-state index in [1.54, 1.807) is 12.1 Å². The highest BCUT2D eigenvalue weighted by Crippen LogP contribution is 2.28. The summed E-state index contributed by atoms with van der Waals surface area (Å²) in [5.41, 5.74) is 1.45. The molecule has 0 unspecified atom stereocenters. The van der Waals surface area contributed by atoms with Gasteiger partial charge < -0.3 is 5.32 Å². The van der Waals surface area contributed by atoms with Crippen LogP contribution in [-0.4, -0.2) is 62.8 Å². The van der Waals surface area contributed by atoms with Gasteiger partial charge in [-0.15, -0.1) is 11.3 Å². The third-order valence-corrected chi connectivity index (χ3v) is 8.59. The molecule has 1 fully saturated rings. The second-order valence-corrected chi connectivity index (χ2v) is 10.8. The van der Waals surface area contributed by atoms with E-state index in [9.17, 15) is 13.2 Å². The highest BCUT2D eigenvalue weighted by atomic mass is 35.5. The molecule has 0 atom stereocenters. The number of nitrogens with zero attached hydrogens (tertiary/aromatic N) is 2. The van der Waals surface area contributed by atoms with E-state index in [-0.39, 0.29) is 10.1 Å². The molecule has 1 saturated heterocycles. The van der Waals surface area contributed by atoms with Gasteiger partial charge >= 0.3 is 0 Å². The van der Waals surface area contributed by atoms with Crippen LogP contribution in [0.1, 0.15) is 32.1 Å². The molecule has 2 heterocycles. The predicted molar refractivity (Wildman–Crippen MR) is 109 cm³/mol. The lowest BCUT2D eigenvalue weighted by atomic mass is 9.97. The number of carbonyl (C=O) groups excluding carboxylic acids is 1. The van der Waals surface area contributed by atoms with E-state index >= 15 is 0 Å². The fourth-order valence-electron chi connectivity index (χ4n) is 3.44. The average molecular weight is 432 g/mol. The van der Waals surface area contributed by atoms with Crippen molar-refractivity contribution in [3.63, 3.8) is 0 Å². The molecular formula is C18H26ClN3O3S2. The number of thiophene rings is 1. The Balaban J connectivity index is 1.40. The first-order valence-corrected chi connectivity index (χ1v) is 12.0. The van der Waals surface area contributed by atoms with Crippen LogP contribution in [0.3, 0.4) is 0 Å². The molecule has 2 aliphatic rings. The summed E-state index contributed by atoms with van der Waals surface area (Å²) in [6, 6.07) is 3.15. The Labute approximate surface area is 170 Å². The lowest BCUT2D eigenvalue weighted by Gasteiger charge is -2.33. The lowest BCUT2D eigenvalue weighted by Crippen LogP contribution is -2.51. The SMILES string of the molecule is O=C(CN1CCN(S(=O)(=O)c2ccc(Cl)s2)CC1)NCCC1=CCCCC1. The third-order valence-electron chi connectivity index (χ3n) is 4.99. The normalized spacial score (nSPS) is 19.7. The van der Waals surface area contributed by atoms with Crippen molar-refractivity contribution in [3.8, 4) is 0 Å². The van der Waals surface area contributed by atoms with E-state index in [4.69, 9.17) is 11.6 Å². The Morgan fingerprint density at radius 1 is 1.19 bits per heavy atom. The fourth-order valence-corrected chi connectivity index (χ4v) is 6.50. The van der Waals surface area contributed by atoms with Crippen molar-refractivity contribution in [2.45, 2.75) is 36.3 Å². The fraction of sp³-hybridized carbons (Fsp3) is 0.611. The zero-order chi connectivity index (χ0) is 19.3. The van der Waals surface area contributed by atoms with Crippen molar-refractivity contribution in [1.82, 2.24) is 14.5 Å². The molecule has 1 aliphatic carbocycles. The summed E-state index contributed by atoms with van der Waals surface area (Å²) in [4.78, 5) is 14.1. The highest BCUT2D eigenvalue weighted by molar-refractivity contribution is 7.91. The first kappa shape index (κ1) is 20.8. The Hall–Kier alpha value is -0.930. The molecule has 1 N–H and O–H groups in total. The summed E-state index contributed by atoms with van der Waals surface area (Å²) in [5.74, 6) is 0.00718. The Morgan fingerprint density at radius 3 is 2.59 bits per heavy atom. The van der Waals surface area contributed by atoms with Crippen LogP contribution in [0, 0.1) is 0 Å². The number of carbonyl (C=O) groups is 1. The first-order chi connectivity index (χ1) is 12.9. The molecule has 1 aromatic rings. The zero-order valence-electron chi connectivity index (χ0n) is 15.3. The van der Waals surface area contributed by atoms with E-state index < -0.39 is 10.0 Å². The first-order valence-electron chi connectivity index (χ1n) is 9.37. The monoisotopic (exact) mass is 431 g/mol. The van der Waals surface area contributed by atoms with Crippen molar-refractivity contribution in [2.24, 2.45) is 0 Å². The topological polar surface area (TPSA) is 69.7 Å². The summed E-state index contributed by atoms with van der Waals surface area (Å²) >= 11 is 6.93. The second kappa shape index (κ2) is 9.52. The number of rotatable bonds is 7. The third kappa shape index (κ3) is 5.77. The van der Waals surface area contributed by atoms with E-state index in [1.165, 1.54) is 22.7 Å². The summed E-state index contributed by atoms with van der Waals surface area (Å²) in [5, 5.41) is 2.98. The molecule has 0 spiro atoms. The number of amides is 1. The predicted octanol–water partition coefficient (Wildman–Crippen LogP) is 2.71. The lowest BCUT2D eigenvalue weighted by molar-refractivity contribution is -0.122. The van der Waals surface area contributed by atoms with Gasteiger partial charge in [-0.3, -0.25) is 9.69 Å². The van der Waals surface area contributed by atoms with Gasteiger partial charge in [-0.25, -0.2) is 8.42 Å². The van der Waals surface area contributed by atoms with E-state index in [0.29, 0.717) is 43.6 Å². The van der Waals surface area contributed by atoms with Crippen LogP contribution in [0.15, 0.2) is 28.0 Å². The Morgan fingerprint density at radius 2 is 1.96 bits per heavy atom. The van der Waals surface area contributed by atoms with Gasteiger partial charge in [0.1, 0.15) is 4.21 Å². The number of nitrogens with one attached hydrogen (secondary N) is 1. The van der Waals surface area contributed by atoms with Crippen molar-refractivity contribution in [1.29, 1.82) is 0 Å². The molecule has 1 aliphatic heterocycles. The molecule has 1 amide bonds. The number of sulfonamides is 1. The molecule has 27 heavy (non-hydrogen) atoms. The van der Waals surface area contributed by atoms with E-state index in [1.807, 2.05) is 4.90 Å². The molecule has 0 bridgehead atoms. The Kier molecular flexibility index (Phi) is 7.33. The van der Waals surface area contributed by atoms with Crippen LogP contribution in [0.5, 0.6) is 0 Å². The molecule has 9 heteroatoms. The van der Waals surface area contributed by atoms with Gasteiger partial charge in [0.15, 0.2) is 0 Å². The van der Waals surface area contributed by atoms with E-state index in [2.05, 4.69) is 11.4 Å². The summed E-state index contributed by atoms with van der Waals surface area (Å²) < 4.78 is 27.4. The number of hydrogen-bond donors (Lipinski definition) is 1. The van der Waals surface area contributed by atoms with Crippen LogP contribution in [0.4, 0.5) is 0 Å². The van der Waals surface area contributed by atoms with E-state index in [0.717, 1.165) is 30.6 Å². The minimum Gasteiger partial charge on any atom is -0.355 e. The van der Waals surface area contributed by atoms with Gasteiger partial charge in [-0.05, 0) is 44.2 Å². The van der Waals surface area contributed by atoms with Gasteiger partial charge in [-0.2, -0.15) is 4.31 Å². The highest BCUT2D eigenvalue weighted by Gasteiger charge is 2.30. The molecule has 1 aromatic heterocycles. The molecule has 150 valence electrons. The van der Waals surface area contributed by atoms with Gasteiger partial charge in [-0.1, -0.05) is 23.3 Å². The quantitative estimate of drug-likeness (QED) is 0.674. The molecule has 0 radical (unpaired) electrons. The van der Waals surface area contributed by atoms with Gasteiger partial charge in [0.2, 0.25) is 5.91 Å². The molecule has 6 nitrogen and oxygen atoms in total. The number of allylic oxidation sites excluding steroid dienone is 1. The molecular weight excluding hydrogens is 406 g/mol. The van der Waals surface area contributed by atoms with Gasteiger partial charge in [0.05, 0.1) is 10.9 Å². The van der Waals surface area contributed by atoms with Crippen molar-refractivity contribution in [3.05, 3.63) is 28.1 Å². The minimum atomic E-state index is -3.49. The maximum atomic E-state index is 12.6. The van der Waals surface area contributed by atoms with Gasteiger partial charge in [0.25, 0.3) is 10.0 Å². The van der Waals surface area contributed by atoms with Crippen molar-refractivity contribution in [2.75, 3.05) is 39.3 Å². The summed E-state index contributed by atoms with van der Waals surface area (Å²) in [6.45, 7) is 2.87. The van der Waals surface area contributed by atoms with Crippen molar-refractivity contribution < 1.29 is 13.2 Å². The van der Waals surface area contributed by atoms with Crippen LogP contribution in [-0.2, 0) is 14.8 Å².